The Morgan fingerprint density at radius 1 is 0.805 bits per heavy atom. The van der Waals surface area contributed by atoms with Gasteiger partial charge in [-0.2, -0.15) is 0 Å². The van der Waals surface area contributed by atoms with Crippen LogP contribution in [0.1, 0.15) is 22.8 Å². The third-order valence-electron chi connectivity index (χ3n) is 7.09. The number of pyridine rings is 2. The van der Waals surface area contributed by atoms with Gasteiger partial charge in [-0.15, -0.1) is 0 Å². The van der Waals surface area contributed by atoms with Crippen molar-refractivity contribution in [3.63, 3.8) is 0 Å². The normalized spacial score (nSPS) is 10.8. The molecule has 7 nitrogen and oxygen atoms in total. The Bertz CT molecular complexity index is 1760. The van der Waals surface area contributed by atoms with Gasteiger partial charge in [-0.25, -0.2) is 4.98 Å². The summed E-state index contributed by atoms with van der Waals surface area (Å²) in [5, 5.41) is 0. The van der Waals surface area contributed by atoms with Crippen molar-refractivity contribution in [2.45, 2.75) is 19.9 Å². The highest BCUT2D eigenvalue weighted by atomic mass is 16.5. The van der Waals surface area contributed by atoms with E-state index in [0.29, 0.717) is 29.4 Å². The first kappa shape index (κ1) is 27.4. The van der Waals surface area contributed by atoms with E-state index in [9.17, 15) is 9.59 Å². The molecule has 0 spiro atoms. The molecule has 0 aliphatic heterocycles. The van der Waals surface area contributed by atoms with Gasteiger partial charge in [0, 0.05) is 48.2 Å². The first-order valence-corrected chi connectivity index (χ1v) is 13.3. The zero-order valence-corrected chi connectivity index (χ0v) is 23.3. The van der Waals surface area contributed by atoms with E-state index in [0.717, 1.165) is 33.4 Å². The largest absolute Gasteiger partial charge is 0.493 e. The zero-order valence-electron chi connectivity index (χ0n) is 23.3. The minimum Gasteiger partial charge on any atom is -0.493 e. The summed E-state index contributed by atoms with van der Waals surface area (Å²) >= 11 is 0. The molecule has 0 unspecified atom stereocenters. The van der Waals surface area contributed by atoms with Gasteiger partial charge in [-0.1, -0.05) is 60.7 Å². The molecule has 2 heterocycles. The smallest absolute Gasteiger partial charge is 0.200 e. The molecule has 2 aromatic heterocycles. The van der Waals surface area contributed by atoms with Crippen molar-refractivity contribution in [2.24, 2.45) is 0 Å². The van der Waals surface area contributed by atoms with Crippen LogP contribution in [0, 0.1) is 0 Å². The predicted octanol–water partition coefficient (Wildman–Crippen LogP) is 6.29. The molecule has 206 valence electrons. The number of ketones is 1. The van der Waals surface area contributed by atoms with Crippen LogP contribution in [0.25, 0.3) is 33.4 Å². The maximum absolute atomic E-state index is 13.3. The average molecular weight is 546 g/mol. The third-order valence-corrected chi connectivity index (χ3v) is 7.09. The van der Waals surface area contributed by atoms with Crippen LogP contribution in [0.5, 0.6) is 11.5 Å². The lowest BCUT2D eigenvalue weighted by Gasteiger charge is -2.12. The van der Waals surface area contributed by atoms with Gasteiger partial charge in [0.2, 0.25) is 0 Å². The number of ether oxygens (including phenoxy) is 2. The summed E-state index contributed by atoms with van der Waals surface area (Å²) in [4.78, 5) is 31.0. The molecule has 0 bridgehead atoms. The van der Waals surface area contributed by atoms with Crippen molar-refractivity contribution < 1.29 is 14.3 Å². The molecule has 0 aliphatic rings. The summed E-state index contributed by atoms with van der Waals surface area (Å²) < 4.78 is 12.7. The van der Waals surface area contributed by atoms with Crippen LogP contribution in [0.3, 0.4) is 0 Å². The van der Waals surface area contributed by atoms with E-state index in [1.807, 2.05) is 90.4 Å². The maximum Gasteiger partial charge on any atom is 0.200 e. The number of benzene rings is 3. The summed E-state index contributed by atoms with van der Waals surface area (Å²) in [7, 11) is 3.19. The Labute approximate surface area is 238 Å². The molecule has 5 rings (SSSR count). The van der Waals surface area contributed by atoms with Gasteiger partial charge in [0.25, 0.3) is 0 Å². The van der Waals surface area contributed by atoms with Crippen LogP contribution in [0.4, 0.5) is 5.82 Å². The number of hydrogen-bond acceptors (Lipinski definition) is 6. The molecular formula is C34H31N3O4. The van der Waals surface area contributed by atoms with Gasteiger partial charge >= 0.3 is 0 Å². The number of nitrogens with two attached hydrogens (primary N) is 1. The lowest BCUT2D eigenvalue weighted by Crippen LogP contribution is -2.21. The lowest BCUT2D eigenvalue weighted by atomic mass is 9.97. The van der Waals surface area contributed by atoms with E-state index in [1.54, 1.807) is 32.8 Å². The number of methoxy groups -OCH3 is 2. The summed E-state index contributed by atoms with van der Waals surface area (Å²) in [5.41, 5.74) is 11.7. The number of nitrogen functional groups attached to an aromatic ring is 1. The quantitative estimate of drug-likeness (QED) is 0.219. The van der Waals surface area contributed by atoms with Crippen molar-refractivity contribution >= 4 is 11.6 Å². The number of rotatable bonds is 9. The minimum atomic E-state index is -0.256. The van der Waals surface area contributed by atoms with Crippen molar-refractivity contribution in [3.05, 3.63) is 119 Å². The molecule has 0 saturated carbocycles. The number of Topliss-reactive ketones (excluding diaryl/α,β-unsaturated/α-hetero) is 1. The van der Waals surface area contributed by atoms with Crippen molar-refractivity contribution in [1.29, 1.82) is 0 Å². The Morgan fingerprint density at radius 3 is 2.17 bits per heavy atom. The van der Waals surface area contributed by atoms with Crippen LogP contribution in [-0.2, 0) is 13.0 Å². The second-order valence-electron chi connectivity index (χ2n) is 9.63. The second kappa shape index (κ2) is 11.9. The summed E-state index contributed by atoms with van der Waals surface area (Å²) in [6.07, 6.45) is 5.28. The van der Waals surface area contributed by atoms with Gasteiger partial charge in [-0.05, 0) is 47.4 Å². The van der Waals surface area contributed by atoms with Gasteiger partial charge in [0.15, 0.2) is 22.7 Å². The number of hydrogen-bond donors (Lipinski definition) is 1. The van der Waals surface area contributed by atoms with E-state index < -0.39 is 0 Å². The van der Waals surface area contributed by atoms with E-state index in [1.165, 1.54) is 0 Å². The molecule has 0 aliphatic carbocycles. The van der Waals surface area contributed by atoms with Crippen molar-refractivity contribution in [1.82, 2.24) is 9.55 Å². The molecular weight excluding hydrogens is 514 g/mol. The number of carbonyl (C=O) groups is 1. The molecule has 3 aromatic carbocycles. The molecule has 0 radical (unpaired) electrons. The average Bonchev–Trinajstić information content (AvgIpc) is 3.02. The fraction of sp³-hybridized carbons (Fsp3) is 0.147. The molecule has 0 saturated heterocycles. The van der Waals surface area contributed by atoms with Crippen molar-refractivity contribution in [3.8, 4) is 44.9 Å². The van der Waals surface area contributed by atoms with Crippen LogP contribution in [0.15, 0.2) is 102 Å². The van der Waals surface area contributed by atoms with E-state index >= 15 is 0 Å². The Morgan fingerprint density at radius 2 is 1.49 bits per heavy atom. The number of anilines is 1. The van der Waals surface area contributed by atoms with Gasteiger partial charge in [0.1, 0.15) is 5.82 Å². The monoisotopic (exact) mass is 545 g/mol. The fourth-order valence-corrected chi connectivity index (χ4v) is 4.80. The SMILES string of the molecule is CCn1cc(C(=O)Cc2ccc(-c3cc(-c4ccc(OC)c(OC)c4)cnc3N)cc2)c(=O)c(-c2ccccc2)c1. The van der Waals surface area contributed by atoms with Crippen molar-refractivity contribution in [2.75, 3.05) is 20.0 Å². The Hall–Kier alpha value is -5.17. The standard InChI is InChI=1S/C34H31N3O4/c1-4-37-20-28(23-8-6-5-7-9-23)33(39)29(21-37)30(38)16-22-10-12-24(13-11-22)27-17-26(19-36-34(27)35)25-14-15-31(40-2)32(18-25)41-3/h5-15,17-21H,4,16H2,1-3H3,(H2,35,36). The second-order valence-corrected chi connectivity index (χ2v) is 9.63. The number of aromatic nitrogens is 2. The molecule has 0 fully saturated rings. The first-order chi connectivity index (χ1) is 19.9. The summed E-state index contributed by atoms with van der Waals surface area (Å²) in [6.45, 7) is 2.62. The molecule has 41 heavy (non-hydrogen) atoms. The number of carbonyl (C=O) groups excluding carboxylic acids is 1. The van der Waals surface area contributed by atoms with E-state index in [2.05, 4.69) is 4.98 Å². The Balaban J connectivity index is 1.41. The third kappa shape index (κ3) is 5.75. The van der Waals surface area contributed by atoms with E-state index in [-0.39, 0.29) is 23.2 Å². The first-order valence-electron chi connectivity index (χ1n) is 13.3. The van der Waals surface area contributed by atoms with E-state index in [4.69, 9.17) is 15.2 Å². The molecule has 0 amide bonds. The molecule has 5 aromatic rings. The highest BCUT2D eigenvalue weighted by Crippen LogP contribution is 2.35. The fourth-order valence-electron chi connectivity index (χ4n) is 4.80. The maximum atomic E-state index is 13.3. The summed E-state index contributed by atoms with van der Waals surface area (Å²) in [6, 6.07) is 24.7. The topological polar surface area (TPSA) is 96.4 Å². The molecule has 7 heteroatoms. The summed E-state index contributed by atoms with van der Waals surface area (Å²) in [5.74, 6) is 1.44. The van der Waals surface area contributed by atoms with Gasteiger partial charge < -0.3 is 19.8 Å². The van der Waals surface area contributed by atoms with Crippen LogP contribution in [-0.4, -0.2) is 29.6 Å². The highest BCUT2D eigenvalue weighted by Gasteiger charge is 2.17. The van der Waals surface area contributed by atoms with Crippen LogP contribution in [0.2, 0.25) is 0 Å². The van der Waals surface area contributed by atoms with Crippen LogP contribution >= 0.6 is 0 Å². The minimum absolute atomic E-state index is 0.108. The highest BCUT2D eigenvalue weighted by molar-refractivity contribution is 5.98. The van der Waals surface area contributed by atoms with Gasteiger partial charge in [-0.3, -0.25) is 9.59 Å². The number of nitrogens with zero attached hydrogens (tertiary/aromatic N) is 2. The Kier molecular flexibility index (Phi) is 7.97. The lowest BCUT2D eigenvalue weighted by molar-refractivity contribution is 0.0991. The van der Waals surface area contributed by atoms with Gasteiger partial charge in [0.05, 0.1) is 19.8 Å². The number of aryl methyl sites for hydroxylation is 1. The molecule has 0 atom stereocenters. The molecule has 2 N–H and O–H groups in total. The van der Waals surface area contributed by atoms with Crippen LogP contribution < -0.4 is 20.6 Å². The zero-order chi connectivity index (χ0) is 28.9. The predicted molar refractivity (Wildman–Crippen MR) is 162 cm³/mol.